The Morgan fingerprint density at radius 1 is 1.23 bits per heavy atom. The predicted octanol–water partition coefficient (Wildman–Crippen LogP) is 3.72. The first-order valence-electron chi connectivity index (χ1n) is 8.64. The van der Waals surface area contributed by atoms with Crippen molar-refractivity contribution in [1.29, 1.82) is 0 Å². The zero-order chi connectivity index (χ0) is 18.5. The summed E-state index contributed by atoms with van der Waals surface area (Å²) in [4.78, 5) is 14.7. The van der Waals surface area contributed by atoms with Gasteiger partial charge in [-0.1, -0.05) is 42.5 Å². The lowest BCUT2D eigenvalue weighted by molar-refractivity contribution is 0.0796. The Bertz CT molecular complexity index is 802. The van der Waals surface area contributed by atoms with Crippen molar-refractivity contribution in [2.24, 2.45) is 0 Å². The van der Waals surface area contributed by atoms with E-state index in [1.54, 1.807) is 20.2 Å². The van der Waals surface area contributed by atoms with Gasteiger partial charge in [0, 0.05) is 26.2 Å². The molecule has 1 N–H and O–H groups in total. The van der Waals surface area contributed by atoms with Crippen molar-refractivity contribution < 1.29 is 14.3 Å². The highest BCUT2D eigenvalue weighted by atomic mass is 16.5. The largest absolute Gasteiger partial charge is 0.493 e. The molecule has 1 aliphatic rings. The number of hydrogen-bond donors (Lipinski definition) is 1. The summed E-state index contributed by atoms with van der Waals surface area (Å²) < 4.78 is 11.4. The number of likely N-dealkylation sites (tertiary alicyclic amines) is 1. The summed E-state index contributed by atoms with van der Waals surface area (Å²) in [5.74, 6) is 1.12. The molecule has 0 bridgehead atoms. The van der Waals surface area contributed by atoms with Crippen LogP contribution in [0.5, 0.6) is 11.5 Å². The first kappa shape index (κ1) is 17.9. The molecule has 136 valence electrons. The third kappa shape index (κ3) is 3.82. The smallest absolute Gasteiger partial charge is 0.256 e. The summed E-state index contributed by atoms with van der Waals surface area (Å²) in [5.41, 5.74) is 3.44. The van der Waals surface area contributed by atoms with Crippen LogP contribution in [0, 0.1) is 0 Å². The average Bonchev–Trinajstić information content (AvgIpc) is 3.12. The molecule has 2 aromatic carbocycles. The Balaban J connectivity index is 1.85. The summed E-state index contributed by atoms with van der Waals surface area (Å²) in [6, 6.07) is 13.5. The number of carbonyl (C=O) groups excluding carboxylic acids is 1. The zero-order valence-corrected chi connectivity index (χ0v) is 15.2. The monoisotopic (exact) mass is 352 g/mol. The highest BCUT2D eigenvalue weighted by Crippen LogP contribution is 2.35. The highest BCUT2D eigenvalue weighted by molar-refractivity contribution is 6.01. The minimum atomic E-state index is -0.0269. The minimum absolute atomic E-state index is 0.0269. The first-order chi connectivity index (χ1) is 12.6. The molecule has 0 spiro atoms. The predicted molar refractivity (Wildman–Crippen MR) is 103 cm³/mol. The fourth-order valence-corrected chi connectivity index (χ4v) is 3.02. The third-order valence-corrected chi connectivity index (χ3v) is 4.48. The normalized spacial score (nSPS) is 13.6. The number of carbonyl (C=O) groups is 1. The topological polar surface area (TPSA) is 50.8 Å². The van der Waals surface area contributed by atoms with Gasteiger partial charge in [0.25, 0.3) is 5.91 Å². The van der Waals surface area contributed by atoms with Gasteiger partial charge in [0.15, 0.2) is 11.5 Å². The fourth-order valence-electron chi connectivity index (χ4n) is 3.02. The molecule has 0 aromatic heterocycles. The van der Waals surface area contributed by atoms with E-state index in [4.69, 9.17) is 9.47 Å². The maximum absolute atomic E-state index is 12.9. The number of ether oxygens (including phenoxy) is 2. The summed E-state index contributed by atoms with van der Waals surface area (Å²) >= 11 is 0. The lowest BCUT2D eigenvalue weighted by Gasteiger charge is -2.20. The van der Waals surface area contributed by atoms with E-state index in [-0.39, 0.29) is 5.91 Å². The summed E-state index contributed by atoms with van der Waals surface area (Å²) in [5, 5.41) is 3.10. The number of nitrogens with one attached hydrogen (secondary N) is 1. The summed E-state index contributed by atoms with van der Waals surface area (Å²) in [7, 11) is 3.37. The van der Waals surface area contributed by atoms with Gasteiger partial charge in [-0.2, -0.15) is 0 Å². The Hall–Kier alpha value is -2.95. The number of rotatable bonds is 6. The molecule has 5 heteroatoms. The summed E-state index contributed by atoms with van der Waals surface area (Å²) in [6.45, 7) is 5.71. The summed E-state index contributed by atoms with van der Waals surface area (Å²) in [6.07, 6.45) is 0.857. The van der Waals surface area contributed by atoms with Crippen LogP contribution in [0.4, 0.5) is 5.69 Å². The third-order valence-electron chi connectivity index (χ3n) is 4.48. The molecule has 0 aliphatic carbocycles. The van der Waals surface area contributed by atoms with Crippen molar-refractivity contribution in [3.8, 4) is 11.5 Å². The molecule has 0 radical (unpaired) electrons. The fraction of sp³-hybridized carbons (Fsp3) is 0.286. The number of hydrogen-bond acceptors (Lipinski definition) is 4. The molecule has 3 rings (SSSR count). The molecule has 0 atom stereocenters. The van der Waals surface area contributed by atoms with Crippen molar-refractivity contribution >= 4 is 11.6 Å². The van der Waals surface area contributed by atoms with E-state index < -0.39 is 0 Å². The van der Waals surface area contributed by atoms with Gasteiger partial charge in [0.05, 0.1) is 18.4 Å². The Kier molecular flexibility index (Phi) is 5.46. The number of benzene rings is 2. The van der Waals surface area contributed by atoms with Crippen LogP contribution < -0.4 is 14.8 Å². The van der Waals surface area contributed by atoms with Crippen LogP contribution in [-0.4, -0.2) is 38.1 Å². The highest BCUT2D eigenvalue weighted by Gasteiger charge is 2.25. The van der Waals surface area contributed by atoms with Crippen molar-refractivity contribution in [3.05, 3.63) is 65.7 Å². The molecule has 1 heterocycles. The number of methoxy groups -OCH3 is 1. The second-order valence-electron chi connectivity index (χ2n) is 6.30. The number of amides is 1. The van der Waals surface area contributed by atoms with E-state index in [0.717, 1.165) is 23.2 Å². The second-order valence-corrected chi connectivity index (χ2v) is 6.30. The van der Waals surface area contributed by atoms with E-state index in [2.05, 4.69) is 11.9 Å². The quantitative estimate of drug-likeness (QED) is 0.805. The molecule has 1 fully saturated rings. The lowest BCUT2D eigenvalue weighted by atomic mass is 10.1. The van der Waals surface area contributed by atoms with Crippen LogP contribution in [0.25, 0.3) is 0 Å². The van der Waals surface area contributed by atoms with Crippen LogP contribution in [0.1, 0.15) is 22.3 Å². The molecule has 2 aromatic rings. The molecule has 5 nitrogen and oxygen atoms in total. The second kappa shape index (κ2) is 7.95. The molecule has 1 aliphatic heterocycles. The van der Waals surface area contributed by atoms with Crippen molar-refractivity contribution in [1.82, 2.24) is 4.90 Å². The maximum Gasteiger partial charge on any atom is 0.256 e. The Labute approximate surface area is 154 Å². The van der Waals surface area contributed by atoms with Crippen LogP contribution in [0.3, 0.4) is 0 Å². The first-order valence-corrected chi connectivity index (χ1v) is 8.64. The van der Waals surface area contributed by atoms with Crippen LogP contribution in [0.2, 0.25) is 0 Å². The van der Waals surface area contributed by atoms with Gasteiger partial charge in [0.1, 0.15) is 6.61 Å². The van der Waals surface area contributed by atoms with Crippen molar-refractivity contribution in [3.63, 3.8) is 0 Å². The van der Waals surface area contributed by atoms with Crippen LogP contribution >= 0.6 is 0 Å². The SMILES string of the molecule is C=C1CCN(C(=O)c2cc(OC)c(OCc3ccccc3)cc2NC)C1. The molecule has 0 saturated carbocycles. The number of nitrogens with zero attached hydrogens (tertiary/aromatic N) is 1. The van der Waals surface area contributed by atoms with Crippen molar-refractivity contribution in [2.45, 2.75) is 13.0 Å². The van der Waals surface area contributed by atoms with Crippen LogP contribution in [0.15, 0.2) is 54.6 Å². The molecule has 1 amide bonds. The van der Waals surface area contributed by atoms with E-state index >= 15 is 0 Å². The van der Waals surface area contributed by atoms with Crippen molar-refractivity contribution in [2.75, 3.05) is 32.6 Å². The Morgan fingerprint density at radius 2 is 2.00 bits per heavy atom. The molecular formula is C21H24N2O3. The standard InChI is InChI=1S/C21H24N2O3/c1-15-9-10-23(13-15)21(24)17-11-19(25-3)20(12-18(17)22-2)26-14-16-7-5-4-6-8-16/h4-8,11-12,22H,1,9-10,13-14H2,2-3H3. The average molecular weight is 352 g/mol. The van der Waals surface area contributed by atoms with E-state index in [9.17, 15) is 4.79 Å². The van der Waals surface area contributed by atoms with Gasteiger partial charge in [-0.3, -0.25) is 4.79 Å². The minimum Gasteiger partial charge on any atom is -0.493 e. The van der Waals surface area contributed by atoms with Gasteiger partial charge >= 0.3 is 0 Å². The maximum atomic E-state index is 12.9. The number of anilines is 1. The van der Waals surface area contributed by atoms with E-state index in [1.165, 1.54) is 0 Å². The zero-order valence-electron chi connectivity index (χ0n) is 15.2. The van der Waals surface area contributed by atoms with Gasteiger partial charge in [-0.05, 0) is 18.1 Å². The van der Waals surface area contributed by atoms with Gasteiger partial charge in [0.2, 0.25) is 0 Å². The molecular weight excluding hydrogens is 328 g/mol. The van der Waals surface area contributed by atoms with Crippen LogP contribution in [-0.2, 0) is 6.61 Å². The van der Waals surface area contributed by atoms with Gasteiger partial charge in [-0.15, -0.1) is 0 Å². The Morgan fingerprint density at radius 3 is 2.62 bits per heavy atom. The molecule has 1 saturated heterocycles. The lowest BCUT2D eigenvalue weighted by Crippen LogP contribution is -2.28. The van der Waals surface area contributed by atoms with Gasteiger partial charge in [-0.25, -0.2) is 0 Å². The molecule has 26 heavy (non-hydrogen) atoms. The van der Waals surface area contributed by atoms with E-state index in [1.807, 2.05) is 41.3 Å². The molecule has 0 unspecified atom stereocenters. The van der Waals surface area contributed by atoms with E-state index in [0.29, 0.717) is 36.8 Å². The van der Waals surface area contributed by atoms with Gasteiger partial charge < -0.3 is 19.7 Å².